The molecule has 0 unspecified atom stereocenters. The molecule has 2 aromatic heterocycles. The molecule has 0 N–H and O–H groups in total. The highest BCUT2D eigenvalue weighted by Crippen LogP contribution is 2.38. The molecule has 144 valence electrons. The van der Waals surface area contributed by atoms with Crippen LogP contribution in [0.5, 0.6) is 0 Å². The molecule has 0 spiro atoms. The molecule has 5 heteroatoms. The number of hydrogen-bond acceptors (Lipinski definition) is 3. The van der Waals surface area contributed by atoms with E-state index < -0.39 is 0 Å². The van der Waals surface area contributed by atoms with Crippen LogP contribution in [0.3, 0.4) is 0 Å². The number of fused-ring (bicyclic) bond motifs is 1. The number of nitrogens with zero attached hydrogens (tertiary/aromatic N) is 4. The fourth-order valence-electron chi connectivity index (χ4n) is 4.01. The van der Waals surface area contributed by atoms with Crippen LogP contribution in [0.25, 0.3) is 22.2 Å². The minimum Gasteiger partial charge on any atom is -0.341 e. The molecular formula is C22H29ClN4. The van der Waals surface area contributed by atoms with Crippen molar-refractivity contribution < 1.29 is 0 Å². The Bertz CT molecular complexity index is 945. The lowest BCUT2D eigenvalue weighted by molar-refractivity contribution is 0.722. The molecule has 1 aromatic carbocycles. The quantitative estimate of drug-likeness (QED) is 0.500. The van der Waals surface area contributed by atoms with Gasteiger partial charge in [-0.05, 0) is 50.3 Å². The summed E-state index contributed by atoms with van der Waals surface area (Å²) in [6.07, 6.45) is 4.24. The molecule has 0 bridgehead atoms. The smallest absolute Gasteiger partial charge is 0.228 e. The van der Waals surface area contributed by atoms with Crippen LogP contribution in [0, 0.1) is 20.8 Å². The molecule has 0 saturated carbocycles. The standard InChI is InChI=1S/C22H29ClN4/c1-7-9-27(10-8-2)22-24-20(23)19-17(13-26(6)21(19)25-22)18-15(4)11-14(3)12-16(18)5/h11-13H,7-10H2,1-6H3. The molecule has 0 aliphatic rings. The van der Waals surface area contributed by atoms with Crippen LogP contribution in [0.2, 0.25) is 5.15 Å². The summed E-state index contributed by atoms with van der Waals surface area (Å²) in [5, 5.41) is 1.47. The molecule has 2 heterocycles. The van der Waals surface area contributed by atoms with E-state index in [1.165, 1.54) is 22.3 Å². The number of hydrogen-bond donors (Lipinski definition) is 0. The lowest BCUT2D eigenvalue weighted by Crippen LogP contribution is -2.27. The number of aryl methyl sites for hydroxylation is 4. The fraction of sp³-hybridized carbons (Fsp3) is 0.455. The van der Waals surface area contributed by atoms with E-state index >= 15 is 0 Å². The summed E-state index contributed by atoms with van der Waals surface area (Å²) in [6, 6.07) is 4.43. The monoisotopic (exact) mass is 384 g/mol. The molecule has 0 saturated heterocycles. The number of benzene rings is 1. The number of rotatable bonds is 6. The Morgan fingerprint density at radius 1 is 1.00 bits per heavy atom. The molecule has 27 heavy (non-hydrogen) atoms. The van der Waals surface area contributed by atoms with Crippen molar-refractivity contribution in [2.24, 2.45) is 7.05 Å². The highest BCUT2D eigenvalue weighted by atomic mass is 35.5. The Hall–Kier alpha value is -2.07. The first kappa shape index (κ1) is 19.7. The minimum absolute atomic E-state index is 0.530. The lowest BCUT2D eigenvalue weighted by Gasteiger charge is -2.21. The average Bonchev–Trinajstić information content (AvgIpc) is 2.91. The van der Waals surface area contributed by atoms with Crippen LogP contribution in [0.1, 0.15) is 43.4 Å². The summed E-state index contributed by atoms with van der Waals surface area (Å²) in [5.41, 5.74) is 6.99. The Balaban J connectivity index is 2.22. The van der Waals surface area contributed by atoms with Gasteiger partial charge in [0, 0.05) is 31.9 Å². The van der Waals surface area contributed by atoms with Crippen molar-refractivity contribution in [1.29, 1.82) is 0 Å². The van der Waals surface area contributed by atoms with Gasteiger partial charge in [-0.1, -0.05) is 43.1 Å². The van der Waals surface area contributed by atoms with Crippen LogP contribution in [0.15, 0.2) is 18.3 Å². The number of halogens is 1. The van der Waals surface area contributed by atoms with Crippen LogP contribution in [0.4, 0.5) is 5.95 Å². The third-order valence-electron chi connectivity index (χ3n) is 4.98. The van der Waals surface area contributed by atoms with Gasteiger partial charge in [0.25, 0.3) is 0 Å². The zero-order valence-corrected chi connectivity index (χ0v) is 18.0. The molecule has 0 amide bonds. The van der Waals surface area contributed by atoms with E-state index in [0.29, 0.717) is 5.15 Å². The van der Waals surface area contributed by atoms with Gasteiger partial charge in [0.2, 0.25) is 5.95 Å². The van der Waals surface area contributed by atoms with Crippen molar-refractivity contribution in [1.82, 2.24) is 14.5 Å². The number of anilines is 1. The van der Waals surface area contributed by atoms with Crippen LogP contribution in [-0.4, -0.2) is 27.6 Å². The van der Waals surface area contributed by atoms with E-state index in [1.54, 1.807) is 0 Å². The van der Waals surface area contributed by atoms with E-state index in [1.807, 2.05) is 7.05 Å². The second kappa shape index (κ2) is 7.89. The van der Waals surface area contributed by atoms with Gasteiger partial charge in [0.1, 0.15) is 10.8 Å². The summed E-state index contributed by atoms with van der Waals surface area (Å²) >= 11 is 6.72. The topological polar surface area (TPSA) is 34.0 Å². The molecule has 3 rings (SSSR count). The molecule has 0 aliphatic carbocycles. The van der Waals surface area contributed by atoms with E-state index in [9.17, 15) is 0 Å². The van der Waals surface area contributed by atoms with Crippen LogP contribution in [-0.2, 0) is 7.05 Å². The highest BCUT2D eigenvalue weighted by Gasteiger charge is 2.20. The van der Waals surface area contributed by atoms with E-state index in [0.717, 1.165) is 48.5 Å². The SMILES string of the molecule is CCCN(CCC)c1nc(Cl)c2c(-c3c(C)cc(C)cc3C)cn(C)c2n1. The van der Waals surface area contributed by atoms with Crippen molar-refractivity contribution in [3.8, 4) is 11.1 Å². The second-order valence-electron chi connectivity index (χ2n) is 7.43. The van der Waals surface area contributed by atoms with Gasteiger partial charge in [0.15, 0.2) is 0 Å². The van der Waals surface area contributed by atoms with Gasteiger partial charge < -0.3 is 9.47 Å². The maximum Gasteiger partial charge on any atom is 0.228 e. The largest absolute Gasteiger partial charge is 0.341 e. The van der Waals surface area contributed by atoms with Gasteiger partial charge in [-0.15, -0.1) is 0 Å². The summed E-state index contributed by atoms with van der Waals surface area (Å²) in [7, 11) is 2.03. The summed E-state index contributed by atoms with van der Waals surface area (Å²) in [4.78, 5) is 11.8. The molecule has 3 aromatic rings. The van der Waals surface area contributed by atoms with Crippen molar-refractivity contribution in [2.45, 2.75) is 47.5 Å². The lowest BCUT2D eigenvalue weighted by atomic mass is 9.94. The van der Waals surface area contributed by atoms with Gasteiger partial charge in [-0.25, -0.2) is 4.98 Å². The molecule has 0 fully saturated rings. The Morgan fingerprint density at radius 2 is 1.59 bits per heavy atom. The Kier molecular flexibility index (Phi) is 5.75. The maximum absolute atomic E-state index is 6.72. The van der Waals surface area contributed by atoms with Gasteiger partial charge >= 0.3 is 0 Å². The first-order valence-electron chi connectivity index (χ1n) is 9.73. The van der Waals surface area contributed by atoms with E-state index in [2.05, 4.69) is 67.4 Å². The first-order valence-corrected chi connectivity index (χ1v) is 10.1. The molecule has 4 nitrogen and oxygen atoms in total. The molecule has 0 aliphatic heterocycles. The minimum atomic E-state index is 0.530. The zero-order chi connectivity index (χ0) is 19.7. The fourth-order valence-corrected chi connectivity index (χ4v) is 4.27. The van der Waals surface area contributed by atoms with Crippen LogP contribution < -0.4 is 4.90 Å². The third kappa shape index (κ3) is 3.68. The Labute approximate surface area is 167 Å². The van der Waals surface area contributed by atoms with E-state index in [4.69, 9.17) is 16.6 Å². The van der Waals surface area contributed by atoms with Crippen molar-refractivity contribution in [3.05, 3.63) is 40.2 Å². The third-order valence-corrected chi connectivity index (χ3v) is 5.25. The van der Waals surface area contributed by atoms with Gasteiger partial charge in [-0.2, -0.15) is 4.98 Å². The average molecular weight is 385 g/mol. The zero-order valence-electron chi connectivity index (χ0n) is 17.2. The summed E-state index contributed by atoms with van der Waals surface area (Å²) in [5.74, 6) is 0.723. The second-order valence-corrected chi connectivity index (χ2v) is 7.79. The van der Waals surface area contributed by atoms with E-state index in [-0.39, 0.29) is 0 Å². The Morgan fingerprint density at radius 3 is 2.15 bits per heavy atom. The van der Waals surface area contributed by atoms with Gasteiger partial charge in [0.05, 0.1) is 5.39 Å². The normalized spacial score (nSPS) is 11.4. The van der Waals surface area contributed by atoms with Gasteiger partial charge in [-0.3, -0.25) is 0 Å². The van der Waals surface area contributed by atoms with Crippen molar-refractivity contribution in [3.63, 3.8) is 0 Å². The van der Waals surface area contributed by atoms with Crippen LogP contribution >= 0.6 is 11.6 Å². The number of aromatic nitrogens is 3. The summed E-state index contributed by atoms with van der Waals surface area (Å²) < 4.78 is 2.07. The highest BCUT2D eigenvalue weighted by molar-refractivity contribution is 6.35. The first-order chi connectivity index (χ1) is 12.9. The molecular weight excluding hydrogens is 356 g/mol. The van der Waals surface area contributed by atoms with Crippen molar-refractivity contribution >= 4 is 28.6 Å². The molecule has 0 atom stereocenters. The molecule has 0 radical (unpaired) electrons. The predicted molar refractivity (Wildman–Crippen MR) is 116 cm³/mol. The maximum atomic E-state index is 6.72. The van der Waals surface area contributed by atoms with Crippen molar-refractivity contribution in [2.75, 3.05) is 18.0 Å². The predicted octanol–water partition coefficient (Wildman–Crippen LogP) is 5.84. The summed E-state index contributed by atoms with van der Waals surface area (Å²) in [6.45, 7) is 12.7.